The number of aromatic nitrogens is 2. The van der Waals surface area contributed by atoms with E-state index in [-0.39, 0.29) is 6.61 Å². The molecule has 136 valence electrons. The number of methoxy groups -OCH3 is 1. The summed E-state index contributed by atoms with van der Waals surface area (Å²) in [5.41, 5.74) is 3.04. The van der Waals surface area contributed by atoms with Crippen molar-refractivity contribution < 1.29 is 14.6 Å². The molecule has 1 aromatic heterocycles. The fourth-order valence-electron chi connectivity index (χ4n) is 3.00. The second-order valence-corrected chi connectivity index (χ2v) is 6.20. The highest BCUT2D eigenvalue weighted by Gasteiger charge is 2.13. The van der Waals surface area contributed by atoms with E-state index in [4.69, 9.17) is 9.47 Å². The first-order chi connectivity index (χ1) is 12.6. The Hall–Kier alpha value is -2.79. The number of hydrogen-bond donors (Lipinski definition) is 1. The lowest BCUT2D eigenvalue weighted by molar-refractivity contribution is 0.0914. The van der Waals surface area contributed by atoms with Gasteiger partial charge in [0.1, 0.15) is 18.5 Å². The van der Waals surface area contributed by atoms with E-state index in [0.717, 1.165) is 28.8 Å². The summed E-state index contributed by atoms with van der Waals surface area (Å²) in [7, 11) is 1.61. The molecule has 0 aliphatic carbocycles. The van der Waals surface area contributed by atoms with Crippen LogP contribution in [0.5, 0.6) is 11.5 Å². The molecule has 3 aromatic rings. The molecule has 3 rings (SSSR count). The van der Waals surface area contributed by atoms with Crippen molar-refractivity contribution >= 4 is 11.0 Å². The van der Waals surface area contributed by atoms with Crippen molar-refractivity contribution in [1.82, 2.24) is 9.55 Å². The third kappa shape index (κ3) is 3.89. The van der Waals surface area contributed by atoms with Crippen LogP contribution >= 0.6 is 0 Å². The van der Waals surface area contributed by atoms with Gasteiger partial charge in [-0.1, -0.05) is 24.3 Å². The maximum absolute atomic E-state index is 10.4. The summed E-state index contributed by atoms with van der Waals surface area (Å²) in [6, 6.07) is 13.7. The number of aryl methyl sites for hydroxylation is 1. The van der Waals surface area contributed by atoms with Crippen molar-refractivity contribution in [1.29, 1.82) is 0 Å². The van der Waals surface area contributed by atoms with Crippen LogP contribution in [-0.2, 0) is 13.0 Å². The van der Waals surface area contributed by atoms with Crippen LogP contribution in [0.25, 0.3) is 11.0 Å². The molecule has 0 amide bonds. The van der Waals surface area contributed by atoms with Gasteiger partial charge in [-0.05, 0) is 43.2 Å². The number of imidazole rings is 1. The number of hydrogen-bond acceptors (Lipinski definition) is 4. The monoisotopic (exact) mass is 352 g/mol. The van der Waals surface area contributed by atoms with Gasteiger partial charge in [-0.25, -0.2) is 4.98 Å². The Balaban J connectivity index is 1.68. The van der Waals surface area contributed by atoms with Crippen molar-refractivity contribution in [2.75, 3.05) is 13.7 Å². The van der Waals surface area contributed by atoms with Gasteiger partial charge in [0.25, 0.3) is 0 Å². The standard InChI is InChI=1S/C21H24N2O3/c1-4-7-16-10-11-20(21(12-16)25-3)26-14-17(24)13-23-15(2)22-18-8-5-6-9-19(18)23/h4-6,8-12,17,24H,1,7,13-14H2,2-3H3/t17-/m0/s1. The van der Waals surface area contributed by atoms with Crippen LogP contribution in [0.1, 0.15) is 11.4 Å². The van der Waals surface area contributed by atoms with Crippen LogP contribution < -0.4 is 9.47 Å². The molecule has 2 aromatic carbocycles. The number of para-hydroxylation sites is 2. The minimum Gasteiger partial charge on any atom is -0.493 e. The second kappa shape index (κ2) is 8.06. The van der Waals surface area contributed by atoms with Gasteiger partial charge < -0.3 is 19.1 Å². The average Bonchev–Trinajstić information content (AvgIpc) is 2.96. The molecule has 0 fully saturated rings. The first-order valence-electron chi connectivity index (χ1n) is 8.63. The lowest BCUT2D eigenvalue weighted by Crippen LogP contribution is -2.24. The number of allylic oxidation sites excluding steroid dienone is 1. The van der Waals surface area contributed by atoms with Gasteiger partial charge in [0, 0.05) is 0 Å². The molecule has 0 unspecified atom stereocenters. The third-order valence-corrected chi connectivity index (χ3v) is 4.28. The molecule has 0 aliphatic heterocycles. The van der Waals surface area contributed by atoms with E-state index >= 15 is 0 Å². The molecule has 1 atom stereocenters. The molecule has 0 aliphatic rings. The lowest BCUT2D eigenvalue weighted by Gasteiger charge is -2.16. The maximum atomic E-state index is 10.4. The third-order valence-electron chi connectivity index (χ3n) is 4.28. The quantitative estimate of drug-likeness (QED) is 0.630. The summed E-state index contributed by atoms with van der Waals surface area (Å²) < 4.78 is 13.2. The fourth-order valence-corrected chi connectivity index (χ4v) is 3.00. The number of aliphatic hydroxyl groups excluding tert-OH is 1. The van der Waals surface area contributed by atoms with Crippen molar-refractivity contribution in [3.05, 3.63) is 66.5 Å². The van der Waals surface area contributed by atoms with Crippen LogP contribution in [0.4, 0.5) is 0 Å². The molecule has 0 spiro atoms. The van der Waals surface area contributed by atoms with Gasteiger partial charge >= 0.3 is 0 Å². The highest BCUT2D eigenvalue weighted by molar-refractivity contribution is 5.75. The Morgan fingerprint density at radius 1 is 1.23 bits per heavy atom. The molecule has 0 bridgehead atoms. The van der Waals surface area contributed by atoms with Crippen molar-refractivity contribution in [3.8, 4) is 11.5 Å². The van der Waals surface area contributed by atoms with E-state index in [1.165, 1.54) is 0 Å². The van der Waals surface area contributed by atoms with Gasteiger partial charge in [-0.3, -0.25) is 0 Å². The van der Waals surface area contributed by atoms with Gasteiger partial charge in [-0.15, -0.1) is 6.58 Å². The summed E-state index contributed by atoms with van der Waals surface area (Å²) >= 11 is 0. The molecule has 5 heteroatoms. The number of aliphatic hydroxyl groups is 1. The smallest absolute Gasteiger partial charge is 0.161 e. The molecule has 5 nitrogen and oxygen atoms in total. The van der Waals surface area contributed by atoms with Crippen LogP contribution in [-0.4, -0.2) is 34.5 Å². The van der Waals surface area contributed by atoms with E-state index in [0.29, 0.717) is 18.0 Å². The van der Waals surface area contributed by atoms with E-state index < -0.39 is 6.10 Å². The Morgan fingerprint density at radius 3 is 2.81 bits per heavy atom. The van der Waals surface area contributed by atoms with Crippen molar-refractivity contribution in [3.63, 3.8) is 0 Å². The predicted molar refractivity (Wildman–Crippen MR) is 103 cm³/mol. The number of nitrogens with zero attached hydrogens (tertiary/aromatic N) is 2. The number of rotatable bonds is 8. The highest BCUT2D eigenvalue weighted by Crippen LogP contribution is 2.28. The predicted octanol–water partition coefficient (Wildman–Crippen LogP) is 3.52. The van der Waals surface area contributed by atoms with Gasteiger partial charge in [0.2, 0.25) is 0 Å². The Kier molecular flexibility index (Phi) is 5.58. The van der Waals surface area contributed by atoms with Gasteiger partial charge in [-0.2, -0.15) is 0 Å². The molecular formula is C21H24N2O3. The molecule has 1 N–H and O–H groups in total. The Labute approximate surface area is 153 Å². The molecular weight excluding hydrogens is 328 g/mol. The van der Waals surface area contributed by atoms with Crippen LogP contribution in [0.2, 0.25) is 0 Å². The minimum atomic E-state index is -0.663. The van der Waals surface area contributed by atoms with E-state index in [1.807, 2.05) is 60.0 Å². The summed E-state index contributed by atoms with van der Waals surface area (Å²) in [4.78, 5) is 4.52. The fraction of sp³-hybridized carbons (Fsp3) is 0.286. The lowest BCUT2D eigenvalue weighted by atomic mass is 10.1. The van der Waals surface area contributed by atoms with Gasteiger partial charge in [0.15, 0.2) is 11.5 Å². The Morgan fingerprint density at radius 2 is 2.04 bits per heavy atom. The Bertz CT molecular complexity index is 901. The van der Waals surface area contributed by atoms with E-state index in [2.05, 4.69) is 11.6 Å². The van der Waals surface area contributed by atoms with Crippen molar-refractivity contribution in [2.24, 2.45) is 0 Å². The number of ether oxygens (including phenoxy) is 2. The molecule has 0 radical (unpaired) electrons. The summed E-state index contributed by atoms with van der Waals surface area (Å²) in [6.45, 7) is 6.27. The molecule has 0 saturated heterocycles. The highest BCUT2D eigenvalue weighted by atomic mass is 16.5. The molecule has 1 heterocycles. The number of fused-ring (bicyclic) bond motifs is 1. The SMILES string of the molecule is C=CCc1ccc(OC[C@@H](O)Cn2c(C)nc3ccccc32)c(OC)c1. The number of benzene rings is 2. The zero-order valence-corrected chi connectivity index (χ0v) is 15.2. The second-order valence-electron chi connectivity index (χ2n) is 6.20. The van der Waals surface area contributed by atoms with E-state index in [9.17, 15) is 5.11 Å². The largest absolute Gasteiger partial charge is 0.493 e. The zero-order chi connectivity index (χ0) is 18.5. The zero-order valence-electron chi connectivity index (χ0n) is 15.2. The van der Waals surface area contributed by atoms with Gasteiger partial charge in [0.05, 0.1) is 24.7 Å². The summed E-state index contributed by atoms with van der Waals surface area (Å²) in [5, 5.41) is 10.4. The first kappa shape index (κ1) is 18.0. The normalized spacial score (nSPS) is 12.1. The van der Waals surface area contributed by atoms with Crippen LogP contribution in [0.15, 0.2) is 55.1 Å². The van der Waals surface area contributed by atoms with Crippen LogP contribution in [0.3, 0.4) is 0 Å². The molecule has 0 saturated carbocycles. The summed E-state index contributed by atoms with van der Waals surface area (Å²) in [6.07, 6.45) is 1.95. The van der Waals surface area contributed by atoms with E-state index in [1.54, 1.807) is 7.11 Å². The average molecular weight is 352 g/mol. The van der Waals surface area contributed by atoms with Crippen LogP contribution in [0, 0.1) is 6.92 Å². The maximum Gasteiger partial charge on any atom is 0.161 e. The molecule has 26 heavy (non-hydrogen) atoms. The van der Waals surface area contributed by atoms with Crippen molar-refractivity contribution in [2.45, 2.75) is 26.0 Å². The minimum absolute atomic E-state index is 0.170. The topological polar surface area (TPSA) is 56.5 Å². The summed E-state index contributed by atoms with van der Waals surface area (Å²) in [5.74, 6) is 2.14. The first-order valence-corrected chi connectivity index (χ1v) is 8.63.